The highest BCUT2D eigenvalue weighted by molar-refractivity contribution is 6.31. The van der Waals surface area contributed by atoms with E-state index in [0.29, 0.717) is 16.9 Å². The van der Waals surface area contributed by atoms with Crippen LogP contribution in [-0.2, 0) is 4.79 Å². The van der Waals surface area contributed by atoms with E-state index >= 15 is 0 Å². The van der Waals surface area contributed by atoms with Gasteiger partial charge in [-0.05, 0) is 56.3 Å². The lowest BCUT2D eigenvalue weighted by molar-refractivity contribution is -0.116. The Hall–Kier alpha value is -2.40. The van der Waals surface area contributed by atoms with Gasteiger partial charge in [0.1, 0.15) is 11.9 Å². The van der Waals surface area contributed by atoms with Crippen LogP contribution in [0.3, 0.4) is 0 Å². The van der Waals surface area contributed by atoms with Crippen LogP contribution >= 0.6 is 11.6 Å². The first-order valence-corrected chi connectivity index (χ1v) is 7.38. The van der Waals surface area contributed by atoms with Crippen LogP contribution in [0.5, 0.6) is 0 Å². The molecule has 0 unspecified atom stereocenters. The van der Waals surface area contributed by atoms with E-state index in [2.05, 4.69) is 10.6 Å². The van der Waals surface area contributed by atoms with Crippen LogP contribution < -0.4 is 10.6 Å². The van der Waals surface area contributed by atoms with Crippen LogP contribution in [0.4, 0.5) is 15.8 Å². The van der Waals surface area contributed by atoms with Crippen LogP contribution in [0.2, 0.25) is 5.02 Å². The van der Waals surface area contributed by atoms with E-state index in [0.717, 1.165) is 0 Å². The van der Waals surface area contributed by atoms with Gasteiger partial charge in [0.25, 0.3) is 0 Å². The molecule has 23 heavy (non-hydrogen) atoms. The zero-order valence-electron chi connectivity index (χ0n) is 12.7. The fourth-order valence-corrected chi connectivity index (χ4v) is 2.12. The topological polar surface area (TPSA) is 58.2 Å². The number of amides is 1. The number of Topliss-reactive ketones (excluding diaryl/α,β-unsaturated/α-hetero) is 1. The molecule has 0 aliphatic heterocycles. The maximum atomic E-state index is 13.1. The summed E-state index contributed by atoms with van der Waals surface area (Å²) in [5.74, 6) is -0.813. The number of carbonyl (C=O) groups is 2. The molecule has 0 saturated heterocycles. The largest absolute Gasteiger partial charge is 0.374 e. The maximum absolute atomic E-state index is 13.1. The lowest BCUT2D eigenvalue weighted by Crippen LogP contribution is -2.31. The quantitative estimate of drug-likeness (QED) is 0.809. The van der Waals surface area contributed by atoms with Crippen molar-refractivity contribution in [2.24, 2.45) is 0 Å². The molecule has 0 fully saturated rings. The summed E-state index contributed by atoms with van der Waals surface area (Å²) < 4.78 is 13.1. The first kappa shape index (κ1) is 17.0. The summed E-state index contributed by atoms with van der Waals surface area (Å²) >= 11 is 5.70. The predicted molar refractivity (Wildman–Crippen MR) is 89.6 cm³/mol. The second kappa shape index (κ2) is 7.24. The Balaban J connectivity index is 1.99. The monoisotopic (exact) mass is 334 g/mol. The highest BCUT2D eigenvalue weighted by Gasteiger charge is 2.13. The Bertz CT molecular complexity index is 732. The molecule has 2 aromatic carbocycles. The van der Waals surface area contributed by atoms with E-state index in [-0.39, 0.29) is 16.7 Å². The van der Waals surface area contributed by atoms with E-state index in [9.17, 15) is 14.0 Å². The summed E-state index contributed by atoms with van der Waals surface area (Å²) in [7, 11) is 0. The van der Waals surface area contributed by atoms with E-state index in [1.54, 1.807) is 31.2 Å². The molecule has 0 heterocycles. The zero-order valence-corrected chi connectivity index (χ0v) is 13.4. The SMILES string of the molecule is CC(=O)c1ccc(NC(=O)[C@H](C)Nc2ccc(F)c(Cl)c2)cc1. The summed E-state index contributed by atoms with van der Waals surface area (Å²) in [5, 5.41) is 5.66. The van der Waals surface area contributed by atoms with Crippen molar-refractivity contribution in [2.45, 2.75) is 19.9 Å². The zero-order chi connectivity index (χ0) is 17.0. The molecule has 0 aromatic heterocycles. The minimum atomic E-state index is -0.552. The molecule has 0 saturated carbocycles. The van der Waals surface area contributed by atoms with E-state index in [4.69, 9.17) is 11.6 Å². The second-order valence-corrected chi connectivity index (χ2v) is 5.52. The van der Waals surface area contributed by atoms with Gasteiger partial charge in [-0.1, -0.05) is 11.6 Å². The summed E-state index contributed by atoms with van der Waals surface area (Å²) in [6, 6.07) is 10.2. The molecule has 0 spiro atoms. The Morgan fingerprint density at radius 3 is 2.26 bits per heavy atom. The van der Waals surface area contributed by atoms with Gasteiger partial charge in [0.2, 0.25) is 5.91 Å². The van der Waals surface area contributed by atoms with E-state index < -0.39 is 11.9 Å². The molecule has 6 heteroatoms. The Morgan fingerprint density at radius 2 is 1.70 bits per heavy atom. The number of carbonyl (C=O) groups excluding carboxylic acids is 2. The van der Waals surface area contributed by atoms with Gasteiger partial charge in [-0.15, -0.1) is 0 Å². The van der Waals surface area contributed by atoms with Crippen molar-refractivity contribution >= 4 is 34.7 Å². The summed E-state index contributed by atoms with van der Waals surface area (Å²) in [6.07, 6.45) is 0. The van der Waals surface area contributed by atoms with Gasteiger partial charge in [-0.25, -0.2) is 4.39 Å². The Labute approximate surface area is 138 Å². The minimum absolute atomic E-state index is 0.0116. The van der Waals surface area contributed by atoms with Crippen LogP contribution in [-0.4, -0.2) is 17.7 Å². The first-order valence-electron chi connectivity index (χ1n) is 7.00. The second-order valence-electron chi connectivity index (χ2n) is 5.12. The Morgan fingerprint density at radius 1 is 1.09 bits per heavy atom. The van der Waals surface area contributed by atoms with Gasteiger partial charge in [-0.2, -0.15) is 0 Å². The van der Waals surface area contributed by atoms with E-state index in [1.165, 1.54) is 25.1 Å². The lowest BCUT2D eigenvalue weighted by atomic mass is 10.1. The molecule has 1 amide bonds. The summed E-state index contributed by atoms with van der Waals surface area (Å²) in [6.45, 7) is 3.16. The van der Waals surface area contributed by atoms with Crippen LogP contribution in [0.1, 0.15) is 24.2 Å². The number of benzene rings is 2. The van der Waals surface area contributed by atoms with Crippen molar-refractivity contribution in [1.29, 1.82) is 0 Å². The minimum Gasteiger partial charge on any atom is -0.374 e. The van der Waals surface area contributed by atoms with Crippen molar-refractivity contribution in [3.8, 4) is 0 Å². The van der Waals surface area contributed by atoms with Crippen LogP contribution in [0, 0.1) is 5.82 Å². The van der Waals surface area contributed by atoms with Gasteiger partial charge < -0.3 is 10.6 Å². The molecular weight excluding hydrogens is 319 g/mol. The van der Waals surface area contributed by atoms with E-state index in [1.807, 2.05) is 0 Å². The van der Waals surface area contributed by atoms with Crippen molar-refractivity contribution in [3.63, 3.8) is 0 Å². The lowest BCUT2D eigenvalue weighted by Gasteiger charge is -2.15. The molecule has 0 radical (unpaired) electrons. The average Bonchev–Trinajstić information content (AvgIpc) is 2.51. The molecule has 2 rings (SSSR count). The molecule has 2 N–H and O–H groups in total. The van der Waals surface area contributed by atoms with Crippen molar-refractivity contribution in [1.82, 2.24) is 0 Å². The highest BCUT2D eigenvalue weighted by Crippen LogP contribution is 2.20. The molecule has 1 atom stereocenters. The summed E-state index contributed by atoms with van der Waals surface area (Å²) in [4.78, 5) is 23.3. The van der Waals surface area contributed by atoms with Crippen LogP contribution in [0.15, 0.2) is 42.5 Å². The fourth-order valence-electron chi connectivity index (χ4n) is 1.94. The van der Waals surface area contributed by atoms with Crippen LogP contribution in [0.25, 0.3) is 0 Å². The maximum Gasteiger partial charge on any atom is 0.246 e. The highest BCUT2D eigenvalue weighted by atomic mass is 35.5. The third-order valence-electron chi connectivity index (χ3n) is 3.26. The first-order chi connectivity index (χ1) is 10.9. The van der Waals surface area contributed by atoms with Gasteiger partial charge in [0.05, 0.1) is 5.02 Å². The third-order valence-corrected chi connectivity index (χ3v) is 3.54. The van der Waals surface area contributed by atoms with Crippen molar-refractivity contribution in [3.05, 3.63) is 58.9 Å². The average molecular weight is 335 g/mol. The van der Waals surface area contributed by atoms with Gasteiger partial charge in [0, 0.05) is 16.9 Å². The molecule has 120 valence electrons. The standard InChI is InChI=1S/C17H16ClFN2O2/c1-10(20-14-7-8-16(19)15(18)9-14)17(23)21-13-5-3-12(4-6-13)11(2)22/h3-10,20H,1-2H3,(H,21,23)/t10-/m0/s1. The molecule has 2 aromatic rings. The number of halogens is 2. The van der Waals surface area contributed by atoms with Gasteiger partial charge in [0.15, 0.2) is 5.78 Å². The number of hydrogen-bond acceptors (Lipinski definition) is 3. The smallest absolute Gasteiger partial charge is 0.246 e. The summed E-state index contributed by atoms with van der Waals surface area (Å²) in [5.41, 5.74) is 1.71. The fraction of sp³-hybridized carbons (Fsp3) is 0.176. The number of nitrogens with one attached hydrogen (secondary N) is 2. The number of ketones is 1. The van der Waals surface area contributed by atoms with Gasteiger partial charge in [-0.3, -0.25) is 9.59 Å². The molecule has 4 nitrogen and oxygen atoms in total. The molecule has 0 bridgehead atoms. The number of rotatable bonds is 5. The van der Waals surface area contributed by atoms with Crippen molar-refractivity contribution in [2.75, 3.05) is 10.6 Å². The number of hydrogen-bond donors (Lipinski definition) is 2. The molecule has 0 aliphatic rings. The normalized spacial score (nSPS) is 11.7. The molecule has 0 aliphatic carbocycles. The Kier molecular flexibility index (Phi) is 5.34. The van der Waals surface area contributed by atoms with Gasteiger partial charge >= 0.3 is 0 Å². The molecular formula is C17H16ClFN2O2. The predicted octanol–water partition coefficient (Wildman–Crippen LogP) is 4.12. The third kappa shape index (κ3) is 4.53. The van der Waals surface area contributed by atoms with Crippen molar-refractivity contribution < 1.29 is 14.0 Å². The number of anilines is 2.